The minimum Gasteiger partial charge on any atom is -0.503 e. The Labute approximate surface area is 103 Å². The van der Waals surface area contributed by atoms with E-state index in [0.717, 1.165) is 5.39 Å². The molecule has 0 saturated heterocycles. The van der Waals surface area contributed by atoms with E-state index >= 15 is 0 Å². The van der Waals surface area contributed by atoms with Crippen molar-refractivity contribution in [2.24, 2.45) is 0 Å². The Morgan fingerprint density at radius 1 is 1.11 bits per heavy atom. The SMILES string of the molecule is COc1ccc2c(OC)c3ccoc3nc2c1O. The first kappa shape index (κ1) is 10.7. The summed E-state index contributed by atoms with van der Waals surface area (Å²) in [7, 11) is 3.06. The molecule has 0 amide bonds. The van der Waals surface area contributed by atoms with E-state index in [1.807, 2.05) is 0 Å². The van der Waals surface area contributed by atoms with Crippen LogP contribution in [-0.4, -0.2) is 24.3 Å². The zero-order valence-electron chi connectivity index (χ0n) is 9.93. The van der Waals surface area contributed by atoms with Crippen LogP contribution < -0.4 is 9.47 Å². The Morgan fingerprint density at radius 3 is 2.67 bits per heavy atom. The fourth-order valence-corrected chi connectivity index (χ4v) is 2.05. The van der Waals surface area contributed by atoms with E-state index < -0.39 is 0 Å². The predicted octanol–water partition coefficient (Wildman–Crippen LogP) is 2.70. The number of benzene rings is 1. The molecule has 0 aliphatic rings. The highest BCUT2D eigenvalue weighted by Gasteiger charge is 2.16. The Bertz CT molecular complexity index is 733. The number of rotatable bonds is 2. The first-order valence-electron chi connectivity index (χ1n) is 5.37. The molecule has 1 aromatic carbocycles. The zero-order chi connectivity index (χ0) is 12.7. The predicted molar refractivity (Wildman–Crippen MR) is 66.3 cm³/mol. The maximum absolute atomic E-state index is 10.1. The van der Waals surface area contributed by atoms with Crippen LogP contribution in [0.1, 0.15) is 0 Å². The Morgan fingerprint density at radius 2 is 1.94 bits per heavy atom. The molecule has 5 heteroatoms. The van der Waals surface area contributed by atoms with Gasteiger partial charge in [-0.1, -0.05) is 0 Å². The molecule has 0 spiro atoms. The number of hydrogen-bond acceptors (Lipinski definition) is 5. The van der Waals surface area contributed by atoms with Crippen LogP contribution in [-0.2, 0) is 0 Å². The summed E-state index contributed by atoms with van der Waals surface area (Å²) >= 11 is 0. The molecule has 0 bridgehead atoms. The molecule has 0 aliphatic carbocycles. The second-order valence-corrected chi connectivity index (χ2v) is 3.80. The summed E-state index contributed by atoms with van der Waals surface area (Å²) in [6, 6.07) is 5.25. The molecule has 0 atom stereocenters. The minimum atomic E-state index is -0.0217. The standard InChI is InChI=1S/C13H11NO4/c1-16-9-4-3-7-10(11(9)15)14-13-8(5-6-18-13)12(7)17-2/h3-6,15H,1-2H3. The number of aromatic nitrogens is 1. The van der Waals surface area contributed by atoms with E-state index in [1.54, 1.807) is 25.3 Å². The average Bonchev–Trinajstić information content (AvgIpc) is 2.85. The molecule has 18 heavy (non-hydrogen) atoms. The van der Waals surface area contributed by atoms with Crippen molar-refractivity contribution < 1.29 is 19.0 Å². The van der Waals surface area contributed by atoms with Crippen molar-refractivity contribution in [3.63, 3.8) is 0 Å². The van der Waals surface area contributed by atoms with Gasteiger partial charge in [-0.3, -0.25) is 0 Å². The largest absolute Gasteiger partial charge is 0.503 e. The lowest BCUT2D eigenvalue weighted by Crippen LogP contribution is -1.91. The second kappa shape index (κ2) is 3.80. The summed E-state index contributed by atoms with van der Waals surface area (Å²) in [4.78, 5) is 4.28. The number of furan rings is 1. The van der Waals surface area contributed by atoms with Crippen LogP contribution in [0, 0.1) is 0 Å². The van der Waals surface area contributed by atoms with Gasteiger partial charge in [-0.15, -0.1) is 0 Å². The number of hydrogen-bond donors (Lipinski definition) is 1. The summed E-state index contributed by atoms with van der Waals surface area (Å²) < 4.78 is 15.7. The second-order valence-electron chi connectivity index (χ2n) is 3.80. The minimum absolute atomic E-state index is 0.0217. The third-order valence-electron chi connectivity index (χ3n) is 2.89. The third kappa shape index (κ3) is 1.30. The molecule has 3 aromatic rings. The Hall–Kier alpha value is -2.43. The Balaban J connectivity index is 2.51. The maximum atomic E-state index is 10.1. The van der Waals surface area contributed by atoms with Gasteiger partial charge in [-0.25, -0.2) is 4.98 Å². The summed E-state index contributed by atoms with van der Waals surface area (Å²) in [5.41, 5.74) is 0.816. The number of phenolic OH excluding ortho intramolecular Hbond substituents is 1. The molecule has 0 fully saturated rings. The van der Waals surface area contributed by atoms with Crippen LogP contribution in [0.3, 0.4) is 0 Å². The topological polar surface area (TPSA) is 64.7 Å². The van der Waals surface area contributed by atoms with Gasteiger partial charge in [-0.2, -0.15) is 0 Å². The maximum Gasteiger partial charge on any atom is 0.230 e. The number of pyridine rings is 1. The normalized spacial score (nSPS) is 11.0. The Kier molecular flexibility index (Phi) is 2.26. The third-order valence-corrected chi connectivity index (χ3v) is 2.89. The van der Waals surface area contributed by atoms with Gasteiger partial charge >= 0.3 is 0 Å². The van der Waals surface area contributed by atoms with Crippen LogP contribution in [0.4, 0.5) is 0 Å². The number of methoxy groups -OCH3 is 2. The lowest BCUT2D eigenvalue weighted by molar-refractivity contribution is 0.375. The summed E-state index contributed by atoms with van der Waals surface area (Å²) in [5.74, 6) is 0.969. The van der Waals surface area contributed by atoms with Crippen molar-refractivity contribution in [1.29, 1.82) is 0 Å². The molecule has 5 nitrogen and oxygen atoms in total. The molecule has 0 saturated carbocycles. The van der Waals surface area contributed by atoms with E-state index in [9.17, 15) is 5.11 Å². The van der Waals surface area contributed by atoms with Crippen LogP contribution in [0.15, 0.2) is 28.9 Å². The van der Waals surface area contributed by atoms with E-state index in [2.05, 4.69) is 4.98 Å². The number of fused-ring (bicyclic) bond motifs is 2. The monoisotopic (exact) mass is 245 g/mol. The highest BCUT2D eigenvalue weighted by molar-refractivity contribution is 6.02. The lowest BCUT2D eigenvalue weighted by Gasteiger charge is -2.09. The highest BCUT2D eigenvalue weighted by atomic mass is 16.5. The molecule has 3 rings (SSSR count). The number of phenols is 1. The molecule has 0 radical (unpaired) electrons. The van der Waals surface area contributed by atoms with E-state index in [0.29, 0.717) is 28.1 Å². The van der Waals surface area contributed by atoms with E-state index in [-0.39, 0.29) is 5.75 Å². The fourth-order valence-electron chi connectivity index (χ4n) is 2.05. The molecular weight excluding hydrogens is 234 g/mol. The first-order valence-corrected chi connectivity index (χ1v) is 5.37. The number of aromatic hydroxyl groups is 1. The molecule has 2 heterocycles. The van der Waals surface area contributed by atoms with Gasteiger partial charge < -0.3 is 19.0 Å². The average molecular weight is 245 g/mol. The molecule has 2 aromatic heterocycles. The molecule has 92 valence electrons. The number of nitrogens with zero attached hydrogens (tertiary/aromatic N) is 1. The van der Waals surface area contributed by atoms with Crippen LogP contribution in [0.5, 0.6) is 17.2 Å². The summed E-state index contributed by atoms with van der Waals surface area (Å²) in [6.07, 6.45) is 1.54. The fraction of sp³-hybridized carbons (Fsp3) is 0.154. The van der Waals surface area contributed by atoms with Gasteiger partial charge in [0.15, 0.2) is 11.5 Å². The van der Waals surface area contributed by atoms with Crippen molar-refractivity contribution in [1.82, 2.24) is 4.98 Å². The molecule has 0 unspecified atom stereocenters. The molecular formula is C13H11NO4. The number of ether oxygens (including phenoxy) is 2. The van der Waals surface area contributed by atoms with Gasteiger partial charge in [0.25, 0.3) is 0 Å². The van der Waals surface area contributed by atoms with Crippen molar-refractivity contribution in [3.8, 4) is 17.2 Å². The van der Waals surface area contributed by atoms with Crippen LogP contribution in [0.2, 0.25) is 0 Å². The van der Waals surface area contributed by atoms with Crippen molar-refractivity contribution in [2.45, 2.75) is 0 Å². The van der Waals surface area contributed by atoms with Gasteiger partial charge in [0.05, 0.1) is 25.9 Å². The van der Waals surface area contributed by atoms with E-state index in [4.69, 9.17) is 13.9 Å². The summed E-state index contributed by atoms with van der Waals surface area (Å²) in [6.45, 7) is 0. The first-order chi connectivity index (χ1) is 8.76. The van der Waals surface area contributed by atoms with Gasteiger partial charge in [0, 0.05) is 5.39 Å². The summed E-state index contributed by atoms with van der Waals surface area (Å²) in [5, 5.41) is 11.6. The lowest BCUT2D eigenvalue weighted by atomic mass is 10.1. The quantitative estimate of drug-likeness (QED) is 0.752. The van der Waals surface area contributed by atoms with Crippen LogP contribution in [0.25, 0.3) is 22.0 Å². The van der Waals surface area contributed by atoms with Gasteiger partial charge in [-0.05, 0) is 18.2 Å². The zero-order valence-corrected chi connectivity index (χ0v) is 9.93. The van der Waals surface area contributed by atoms with Crippen molar-refractivity contribution in [3.05, 3.63) is 24.5 Å². The van der Waals surface area contributed by atoms with Gasteiger partial charge in [0.1, 0.15) is 11.3 Å². The smallest absolute Gasteiger partial charge is 0.230 e. The van der Waals surface area contributed by atoms with Crippen LogP contribution >= 0.6 is 0 Å². The van der Waals surface area contributed by atoms with E-state index in [1.165, 1.54) is 13.4 Å². The van der Waals surface area contributed by atoms with Crippen molar-refractivity contribution in [2.75, 3.05) is 14.2 Å². The van der Waals surface area contributed by atoms with Crippen molar-refractivity contribution >= 4 is 22.0 Å². The molecule has 1 N–H and O–H groups in total. The van der Waals surface area contributed by atoms with Gasteiger partial charge in [0.2, 0.25) is 5.71 Å². The highest BCUT2D eigenvalue weighted by Crippen LogP contribution is 2.40. The molecule has 0 aliphatic heterocycles.